The third kappa shape index (κ3) is 1.87. The maximum absolute atomic E-state index is 16.9. The maximum atomic E-state index is 16.9. The number of allylic oxidation sites excluding steroid dienone is 4. The van der Waals surface area contributed by atoms with Gasteiger partial charge < -0.3 is 14.9 Å². The molecule has 0 radical (unpaired) electrons. The molecule has 4 aliphatic carbocycles. The second-order valence-electron chi connectivity index (χ2n) is 9.84. The van der Waals surface area contributed by atoms with Gasteiger partial charge in [-0.2, -0.15) is 0 Å². The van der Waals surface area contributed by atoms with Gasteiger partial charge >= 0.3 is 0 Å². The highest BCUT2D eigenvalue weighted by atomic mass is 19.1. The second kappa shape index (κ2) is 5.62. The van der Waals surface area contributed by atoms with Crippen molar-refractivity contribution in [2.45, 2.75) is 56.7 Å². The van der Waals surface area contributed by atoms with Gasteiger partial charge in [-0.1, -0.05) is 13.0 Å². The van der Waals surface area contributed by atoms with E-state index in [2.05, 4.69) is 0 Å². The van der Waals surface area contributed by atoms with E-state index < -0.39 is 52.7 Å². The van der Waals surface area contributed by atoms with E-state index in [1.807, 2.05) is 6.92 Å². The number of fused-ring (bicyclic) bond motifs is 4. The SMILES string of the molecule is C[C@H]1C[C@H]2[C@@H]3C[C@H](F)C4=CC(=O)C=C[C@]4(C)[C@@]3(F)[C@@H](O)C[C@@]23CO[C@]13C(=O)CO. The first-order chi connectivity index (χ1) is 13.6. The number of carbonyl (C=O) groups excluding carboxylic acids is 2. The molecule has 3 saturated carbocycles. The van der Waals surface area contributed by atoms with E-state index in [0.717, 1.165) is 0 Å². The van der Waals surface area contributed by atoms with Gasteiger partial charge in [-0.3, -0.25) is 9.59 Å². The molecule has 5 nitrogen and oxygen atoms in total. The molecule has 0 unspecified atom stereocenters. The number of aliphatic hydroxyl groups is 2. The fourth-order valence-electron chi connectivity index (χ4n) is 7.77. The van der Waals surface area contributed by atoms with Crippen LogP contribution < -0.4 is 0 Å². The number of aliphatic hydroxyl groups excluding tert-OH is 2. The van der Waals surface area contributed by atoms with Crippen LogP contribution in [0.25, 0.3) is 0 Å². The van der Waals surface area contributed by atoms with E-state index in [4.69, 9.17) is 4.74 Å². The third-order valence-electron chi connectivity index (χ3n) is 9.01. The van der Waals surface area contributed by atoms with Crippen molar-refractivity contribution >= 4 is 11.6 Å². The molecular weight excluding hydrogens is 382 g/mol. The van der Waals surface area contributed by atoms with Crippen LogP contribution in [0.3, 0.4) is 0 Å². The molecule has 1 saturated heterocycles. The first kappa shape index (κ1) is 19.5. The second-order valence-corrected chi connectivity index (χ2v) is 9.84. The zero-order valence-corrected chi connectivity index (χ0v) is 16.5. The summed E-state index contributed by atoms with van der Waals surface area (Å²) in [6, 6.07) is 0. The van der Waals surface area contributed by atoms with Crippen LogP contribution in [0.5, 0.6) is 0 Å². The number of hydrogen-bond donors (Lipinski definition) is 2. The van der Waals surface area contributed by atoms with Gasteiger partial charge in [0.05, 0.1) is 12.7 Å². The van der Waals surface area contributed by atoms with Gasteiger partial charge in [0.25, 0.3) is 0 Å². The smallest absolute Gasteiger partial charge is 0.190 e. The zero-order valence-electron chi connectivity index (χ0n) is 16.5. The summed E-state index contributed by atoms with van der Waals surface area (Å²) in [6.45, 7) is 2.92. The first-order valence-corrected chi connectivity index (χ1v) is 10.3. The van der Waals surface area contributed by atoms with Crippen molar-refractivity contribution in [1.82, 2.24) is 0 Å². The first-order valence-electron chi connectivity index (χ1n) is 10.3. The van der Waals surface area contributed by atoms with Gasteiger partial charge in [-0.25, -0.2) is 8.78 Å². The molecule has 7 heteroatoms. The molecule has 1 spiro atoms. The summed E-state index contributed by atoms with van der Waals surface area (Å²) < 4.78 is 38.0. The van der Waals surface area contributed by atoms with E-state index in [1.165, 1.54) is 18.2 Å². The van der Waals surface area contributed by atoms with Crippen molar-refractivity contribution in [2.75, 3.05) is 13.2 Å². The Labute approximate surface area is 167 Å². The Morgan fingerprint density at radius 3 is 2.69 bits per heavy atom. The lowest BCUT2D eigenvalue weighted by Gasteiger charge is -2.67. The highest BCUT2D eigenvalue weighted by molar-refractivity contribution is 6.01. The molecule has 5 aliphatic rings. The molecule has 158 valence electrons. The van der Waals surface area contributed by atoms with Crippen LogP contribution in [0, 0.1) is 28.6 Å². The molecule has 1 aliphatic heterocycles. The van der Waals surface area contributed by atoms with Gasteiger partial charge in [-0.15, -0.1) is 0 Å². The maximum Gasteiger partial charge on any atom is 0.190 e. The molecule has 9 atom stereocenters. The van der Waals surface area contributed by atoms with Crippen LogP contribution >= 0.6 is 0 Å². The quantitative estimate of drug-likeness (QED) is 0.729. The van der Waals surface area contributed by atoms with Gasteiger partial charge in [0.2, 0.25) is 0 Å². The molecule has 0 bridgehead atoms. The van der Waals surface area contributed by atoms with E-state index in [-0.39, 0.29) is 42.6 Å². The number of carbonyl (C=O) groups is 2. The largest absolute Gasteiger partial charge is 0.390 e. The lowest BCUT2D eigenvalue weighted by Crippen LogP contribution is -2.76. The highest BCUT2D eigenvalue weighted by Gasteiger charge is 2.81. The van der Waals surface area contributed by atoms with Crippen molar-refractivity contribution in [3.05, 3.63) is 23.8 Å². The van der Waals surface area contributed by atoms with Crippen LogP contribution in [0.1, 0.15) is 33.1 Å². The minimum absolute atomic E-state index is 0.0162. The fourth-order valence-corrected chi connectivity index (χ4v) is 7.77. The lowest BCUT2D eigenvalue weighted by atomic mass is 9.43. The highest BCUT2D eigenvalue weighted by Crippen LogP contribution is 2.74. The Morgan fingerprint density at radius 1 is 1.34 bits per heavy atom. The average molecular weight is 408 g/mol. The van der Waals surface area contributed by atoms with Crippen molar-refractivity contribution in [3.63, 3.8) is 0 Å². The summed E-state index contributed by atoms with van der Waals surface area (Å²) >= 11 is 0. The number of hydrogen-bond acceptors (Lipinski definition) is 5. The van der Waals surface area contributed by atoms with Crippen LogP contribution in [0.15, 0.2) is 23.8 Å². The number of halogens is 2. The monoisotopic (exact) mass is 408 g/mol. The fraction of sp³-hybridized carbons (Fsp3) is 0.727. The molecule has 0 aromatic heterocycles. The Kier molecular flexibility index (Phi) is 3.78. The summed E-state index contributed by atoms with van der Waals surface area (Å²) in [4.78, 5) is 24.6. The van der Waals surface area contributed by atoms with Crippen molar-refractivity contribution in [1.29, 1.82) is 0 Å². The number of Topliss-reactive ketones (excluding diaryl/α,β-unsaturated/α-hetero) is 1. The number of alkyl halides is 2. The summed E-state index contributed by atoms with van der Waals surface area (Å²) in [5.41, 5.74) is -5.52. The van der Waals surface area contributed by atoms with E-state index >= 15 is 8.78 Å². The summed E-state index contributed by atoms with van der Waals surface area (Å²) in [6.07, 6.45) is 1.24. The number of ether oxygens (including phenoxy) is 1. The van der Waals surface area contributed by atoms with Gasteiger partial charge in [0.15, 0.2) is 17.2 Å². The van der Waals surface area contributed by atoms with E-state index in [9.17, 15) is 19.8 Å². The average Bonchev–Trinajstić information content (AvgIpc) is 2.83. The van der Waals surface area contributed by atoms with Crippen LogP contribution in [-0.2, 0) is 14.3 Å². The molecule has 1 heterocycles. The van der Waals surface area contributed by atoms with Gasteiger partial charge in [0, 0.05) is 16.7 Å². The van der Waals surface area contributed by atoms with Gasteiger partial charge in [-0.05, 0) is 55.7 Å². The molecule has 0 amide bonds. The number of ketones is 2. The minimum Gasteiger partial charge on any atom is -0.390 e. The van der Waals surface area contributed by atoms with Crippen molar-refractivity contribution in [2.24, 2.45) is 28.6 Å². The molecule has 0 aromatic rings. The molecule has 2 N–H and O–H groups in total. The lowest BCUT2D eigenvalue weighted by molar-refractivity contribution is -0.311. The Balaban J connectivity index is 1.65. The minimum atomic E-state index is -2.15. The topological polar surface area (TPSA) is 83.8 Å². The zero-order chi connectivity index (χ0) is 21.0. The molecule has 4 fully saturated rings. The summed E-state index contributed by atoms with van der Waals surface area (Å²) in [5.74, 6) is -2.25. The number of rotatable bonds is 2. The molecule has 29 heavy (non-hydrogen) atoms. The molecule has 0 aromatic carbocycles. The summed E-state index contributed by atoms with van der Waals surface area (Å²) in [5, 5.41) is 20.7. The van der Waals surface area contributed by atoms with Crippen LogP contribution in [-0.4, -0.2) is 58.5 Å². The van der Waals surface area contributed by atoms with Crippen molar-refractivity contribution in [3.8, 4) is 0 Å². The third-order valence-corrected chi connectivity index (χ3v) is 9.01. The Bertz CT molecular complexity index is 869. The predicted octanol–water partition coefficient (Wildman–Crippen LogP) is 1.86. The van der Waals surface area contributed by atoms with Crippen molar-refractivity contribution < 1.29 is 33.3 Å². The van der Waals surface area contributed by atoms with Gasteiger partial charge in [0.1, 0.15) is 18.4 Å². The Hall–Kier alpha value is -1.44. The molecule has 5 rings (SSSR count). The van der Waals surface area contributed by atoms with E-state index in [0.29, 0.717) is 6.42 Å². The summed E-state index contributed by atoms with van der Waals surface area (Å²) in [7, 11) is 0. The predicted molar refractivity (Wildman–Crippen MR) is 98.3 cm³/mol. The van der Waals surface area contributed by atoms with Crippen LogP contribution in [0.2, 0.25) is 0 Å². The Morgan fingerprint density at radius 2 is 2.07 bits per heavy atom. The van der Waals surface area contributed by atoms with E-state index in [1.54, 1.807) is 6.92 Å². The van der Waals surface area contributed by atoms with Crippen LogP contribution in [0.4, 0.5) is 8.78 Å². The standard InChI is InChI=1S/C22H26F2O5/c1-11-5-13-14-7-16(23)15-6-12(26)3-4-19(15,2)21(14,24)17(27)8-20(13)10-29-22(11,20)18(28)9-25/h3-4,6,11,13-14,16-17,25,27H,5,7-10H2,1-2H3/t11-,13-,14-,16-,17-,19-,20+,21-,22-/m0/s1. The normalized spacial score (nSPS) is 55.2. The molecular formula is C22H26F2O5.